The maximum Gasteiger partial charge on any atom is 0.337 e. The van der Waals surface area contributed by atoms with Crippen LogP contribution in [0.2, 0.25) is 0 Å². The lowest BCUT2D eigenvalue weighted by Crippen LogP contribution is -2.48. The Kier molecular flexibility index (Phi) is 9.78. The van der Waals surface area contributed by atoms with Crippen LogP contribution in [0.4, 0.5) is 4.39 Å². The molecule has 2 aromatic carbocycles. The SMILES string of the molecule is CC(C)N1CCN(Cc2ccc(-c3cccc(-n4c(=O)n(C5CCC(NC(=O)C6CCCC6)CC5)c(=O)c5cc(F)cnc54)c3)cc2)CC1. The predicted molar refractivity (Wildman–Crippen MR) is 190 cm³/mol. The van der Waals surface area contributed by atoms with Crippen LogP contribution in [0.15, 0.2) is 70.4 Å². The molecule has 1 saturated heterocycles. The number of piperazine rings is 1. The second-order valence-electron chi connectivity index (χ2n) is 14.5. The van der Waals surface area contributed by atoms with Gasteiger partial charge >= 0.3 is 5.69 Å². The first-order valence-electron chi connectivity index (χ1n) is 18.0. The molecule has 2 aliphatic carbocycles. The zero-order chi connectivity index (χ0) is 34.1. The van der Waals surface area contributed by atoms with E-state index in [1.165, 1.54) is 20.8 Å². The Labute approximate surface area is 286 Å². The molecule has 1 amide bonds. The van der Waals surface area contributed by atoms with E-state index in [0.29, 0.717) is 37.4 Å². The number of aromatic nitrogens is 3. The van der Waals surface area contributed by atoms with Crippen molar-refractivity contribution in [2.45, 2.75) is 89.9 Å². The molecule has 3 fully saturated rings. The average molecular weight is 667 g/mol. The molecule has 1 N–H and O–H groups in total. The van der Waals surface area contributed by atoms with E-state index in [-0.39, 0.29) is 34.9 Å². The Morgan fingerprint density at radius 1 is 0.898 bits per heavy atom. The van der Waals surface area contributed by atoms with Crippen LogP contribution < -0.4 is 16.6 Å². The van der Waals surface area contributed by atoms with Gasteiger partial charge in [-0.3, -0.25) is 24.0 Å². The van der Waals surface area contributed by atoms with Crippen LogP contribution in [0.5, 0.6) is 0 Å². The van der Waals surface area contributed by atoms with E-state index in [1.807, 2.05) is 24.3 Å². The fourth-order valence-electron chi connectivity index (χ4n) is 8.05. The van der Waals surface area contributed by atoms with E-state index in [0.717, 1.165) is 75.7 Å². The summed E-state index contributed by atoms with van der Waals surface area (Å²) in [6, 6.07) is 17.6. The lowest BCUT2D eigenvalue weighted by atomic mass is 9.90. The summed E-state index contributed by atoms with van der Waals surface area (Å²) >= 11 is 0. The summed E-state index contributed by atoms with van der Waals surface area (Å²) in [7, 11) is 0. The minimum absolute atomic E-state index is 0.0278. The minimum Gasteiger partial charge on any atom is -0.353 e. The van der Waals surface area contributed by atoms with Crippen molar-refractivity contribution in [2.75, 3.05) is 26.2 Å². The van der Waals surface area contributed by atoms with Gasteiger partial charge in [-0.05, 0) is 87.3 Å². The van der Waals surface area contributed by atoms with Gasteiger partial charge in [0.1, 0.15) is 5.82 Å². The molecule has 0 radical (unpaired) electrons. The summed E-state index contributed by atoms with van der Waals surface area (Å²) in [5.74, 6) is -0.405. The van der Waals surface area contributed by atoms with Gasteiger partial charge < -0.3 is 5.32 Å². The lowest BCUT2D eigenvalue weighted by Gasteiger charge is -2.36. The number of hydrogen-bond donors (Lipinski definition) is 1. The van der Waals surface area contributed by atoms with E-state index < -0.39 is 17.1 Å². The second-order valence-corrected chi connectivity index (χ2v) is 14.5. The van der Waals surface area contributed by atoms with E-state index >= 15 is 0 Å². The van der Waals surface area contributed by atoms with E-state index in [2.05, 4.69) is 58.2 Å². The first-order chi connectivity index (χ1) is 23.7. The van der Waals surface area contributed by atoms with Crippen molar-refractivity contribution < 1.29 is 9.18 Å². The third kappa shape index (κ3) is 7.12. The molecule has 0 unspecified atom stereocenters. The van der Waals surface area contributed by atoms with Crippen LogP contribution in [0, 0.1) is 11.7 Å². The molecule has 9 nitrogen and oxygen atoms in total. The monoisotopic (exact) mass is 666 g/mol. The topological polar surface area (TPSA) is 92.5 Å². The van der Waals surface area contributed by atoms with Gasteiger partial charge in [0, 0.05) is 56.8 Å². The number of pyridine rings is 1. The maximum atomic E-state index is 14.5. The molecule has 4 aromatic rings. The summed E-state index contributed by atoms with van der Waals surface area (Å²) in [4.78, 5) is 50.1. The molecule has 3 aliphatic rings. The average Bonchev–Trinajstić information content (AvgIpc) is 3.66. The molecule has 10 heteroatoms. The molecule has 2 saturated carbocycles. The first-order valence-corrected chi connectivity index (χ1v) is 18.0. The zero-order valence-electron chi connectivity index (χ0n) is 28.6. The summed E-state index contributed by atoms with van der Waals surface area (Å²) < 4.78 is 17.2. The number of hydrogen-bond acceptors (Lipinski definition) is 6. The Morgan fingerprint density at radius 2 is 1.61 bits per heavy atom. The van der Waals surface area contributed by atoms with Gasteiger partial charge in [0.2, 0.25) is 5.91 Å². The molecule has 1 aliphatic heterocycles. The number of amides is 1. The van der Waals surface area contributed by atoms with Crippen molar-refractivity contribution in [1.82, 2.24) is 29.2 Å². The van der Waals surface area contributed by atoms with Crippen molar-refractivity contribution in [2.24, 2.45) is 5.92 Å². The third-order valence-corrected chi connectivity index (χ3v) is 11.0. The molecule has 2 aromatic heterocycles. The predicted octanol–water partition coefficient (Wildman–Crippen LogP) is 5.67. The molecule has 49 heavy (non-hydrogen) atoms. The fourth-order valence-corrected chi connectivity index (χ4v) is 8.05. The second kappa shape index (κ2) is 14.4. The Morgan fingerprint density at radius 3 is 2.31 bits per heavy atom. The van der Waals surface area contributed by atoms with Gasteiger partial charge in [-0.25, -0.2) is 18.7 Å². The number of nitrogens with one attached hydrogen (secondary N) is 1. The number of fused-ring (bicyclic) bond motifs is 1. The number of halogens is 1. The van der Waals surface area contributed by atoms with E-state index in [9.17, 15) is 18.8 Å². The minimum atomic E-state index is -0.629. The van der Waals surface area contributed by atoms with Gasteiger partial charge in [0.15, 0.2) is 5.65 Å². The molecule has 0 atom stereocenters. The van der Waals surface area contributed by atoms with Gasteiger partial charge in [-0.15, -0.1) is 0 Å². The number of rotatable bonds is 8. The molecule has 0 bridgehead atoms. The van der Waals surface area contributed by atoms with Crippen molar-refractivity contribution in [3.8, 4) is 16.8 Å². The lowest BCUT2D eigenvalue weighted by molar-refractivity contribution is -0.125. The van der Waals surface area contributed by atoms with Crippen molar-refractivity contribution >= 4 is 16.9 Å². The third-order valence-electron chi connectivity index (χ3n) is 11.0. The van der Waals surface area contributed by atoms with E-state index in [1.54, 1.807) is 0 Å². The van der Waals surface area contributed by atoms with Crippen LogP contribution >= 0.6 is 0 Å². The first kappa shape index (κ1) is 33.4. The largest absolute Gasteiger partial charge is 0.353 e. The smallest absolute Gasteiger partial charge is 0.337 e. The van der Waals surface area contributed by atoms with Gasteiger partial charge in [0.25, 0.3) is 5.56 Å². The molecule has 3 heterocycles. The van der Waals surface area contributed by atoms with Crippen LogP contribution in [0.25, 0.3) is 27.8 Å². The zero-order valence-corrected chi connectivity index (χ0v) is 28.6. The quantitative estimate of drug-likeness (QED) is 0.261. The summed E-state index contributed by atoms with van der Waals surface area (Å²) in [5.41, 5.74) is 2.87. The number of nitrogens with zero attached hydrogens (tertiary/aromatic N) is 5. The van der Waals surface area contributed by atoms with Gasteiger partial charge in [-0.2, -0.15) is 0 Å². The highest BCUT2D eigenvalue weighted by Gasteiger charge is 2.30. The van der Waals surface area contributed by atoms with Crippen LogP contribution in [0.3, 0.4) is 0 Å². The molecule has 258 valence electrons. The molecule has 7 rings (SSSR count). The highest BCUT2D eigenvalue weighted by Crippen LogP contribution is 2.30. The number of carbonyl (C=O) groups is 1. The summed E-state index contributed by atoms with van der Waals surface area (Å²) in [6.45, 7) is 9.71. The Hall–Kier alpha value is -4.15. The molecular formula is C39H47FN6O3. The van der Waals surface area contributed by atoms with Crippen LogP contribution in [0.1, 0.15) is 76.8 Å². The van der Waals surface area contributed by atoms with E-state index in [4.69, 9.17) is 0 Å². The highest BCUT2D eigenvalue weighted by atomic mass is 19.1. The number of carbonyl (C=O) groups excluding carboxylic acids is 1. The number of benzene rings is 2. The molecular weight excluding hydrogens is 619 g/mol. The van der Waals surface area contributed by atoms with Crippen LogP contribution in [-0.2, 0) is 11.3 Å². The van der Waals surface area contributed by atoms with Crippen molar-refractivity contribution in [3.63, 3.8) is 0 Å². The maximum absolute atomic E-state index is 14.5. The standard InChI is InChI=1S/C39H47FN6O3/c1-26(2)44-20-18-43(19-21-44)25-27-10-12-28(13-11-27)30-8-5-9-34(22-30)45-36-35(23-31(40)24-41-36)38(48)46(39(45)49)33-16-14-32(15-17-33)42-37(47)29-6-3-4-7-29/h5,8-13,22-24,26,29,32-33H,3-4,6-7,14-21,25H2,1-2H3,(H,42,47). The normalized spacial score (nSPS) is 21.1. The molecule has 0 spiro atoms. The van der Waals surface area contributed by atoms with Crippen molar-refractivity contribution in [1.29, 1.82) is 0 Å². The Bertz CT molecular complexity index is 1910. The van der Waals surface area contributed by atoms with Gasteiger partial charge in [0.05, 0.1) is 17.3 Å². The van der Waals surface area contributed by atoms with Gasteiger partial charge in [-0.1, -0.05) is 49.2 Å². The fraction of sp³-hybridized carbons (Fsp3) is 0.487. The summed E-state index contributed by atoms with van der Waals surface area (Å²) in [5, 5.41) is 3.28. The Balaban J connectivity index is 1.14. The highest BCUT2D eigenvalue weighted by molar-refractivity contribution is 5.79. The van der Waals surface area contributed by atoms with Crippen molar-refractivity contribution in [3.05, 3.63) is 93.0 Å². The summed E-state index contributed by atoms with van der Waals surface area (Å²) in [6.07, 6.45) is 7.62. The van der Waals surface area contributed by atoms with Crippen LogP contribution in [-0.4, -0.2) is 68.1 Å².